The number of rotatable bonds is 5. The fourth-order valence-electron chi connectivity index (χ4n) is 7.43. The van der Waals surface area contributed by atoms with E-state index in [4.69, 9.17) is 9.97 Å². The summed E-state index contributed by atoms with van der Waals surface area (Å²) >= 11 is 0. The summed E-state index contributed by atoms with van der Waals surface area (Å²) in [5.41, 5.74) is 11.8. The highest BCUT2D eigenvalue weighted by atomic mass is 15.1. The van der Waals surface area contributed by atoms with Gasteiger partial charge in [-0.15, -0.1) is 0 Å². The van der Waals surface area contributed by atoms with E-state index in [1.165, 1.54) is 43.7 Å². The number of hydrogen-bond donors (Lipinski definition) is 0. The Labute approximate surface area is 289 Å². The van der Waals surface area contributed by atoms with Crippen LogP contribution in [0.2, 0.25) is 0 Å². The van der Waals surface area contributed by atoms with E-state index >= 15 is 0 Å². The van der Waals surface area contributed by atoms with E-state index < -0.39 is 0 Å². The molecule has 4 heteroatoms. The molecule has 3 heterocycles. The maximum absolute atomic E-state index is 5.39. The van der Waals surface area contributed by atoms with Gasteiger partial charge in [-0.2, -0.15) is 0 Å². The van der Waals surface area contributed by atoms with Crippen molar-refractivity contribution < 1.29 is 0 Å². The van der Waals surface area contributed by atoms with Gasteiger partial charge >= 0.3 is 0 Å². The molecule has 0 saturated heterocycles. The van der Waals surface area contributed by atoms with Crippen LogP contribution in [0.25, 0.3) is 88.8 Å². The molecule has 0 amide bonds. The number of fused-ring (bicyclic) bond motifs is 5. The van der Waals surface area contributed by atoms with Crippen LogP contribution in [0.15, 0.2) is 182 Å². The van der Waals surface area contributed by atoms with E-state index in [2.05, 4.69) is 179 Å². The van der Waals surface area contributed by atoms with Gasteiger partial charge in [0.05, 0.1) is 11.0 Å². The lowest BCUT2D eigenvalue weighted by atomic mass is 10.00. The van der Waals surface area contributed by atoms with Crippen molar-refractivity contribution in [3.8, 4) is 45.0 Å². The lowest BCUT2D eigenvalue weighted by Crippen LogP contribution is -1.98. The molecule has 0 aliphatic rings. The third kappa shape index (κ3) is 4.54. The lowest BCUT2D eigenvalue weighted by molar-refractivity contribution is 1.08. The molecule has 10 rings (SSSR count). The number of para-hydroxylation sites is 3. The van der Waals surface area contributed by atoms with Crippen molar-refractivity contribution in [1.82, 2.24) is 19.1 Å². The van der Waals surface area contributed by atoms with Crippen molar-refractivity contribution in [2.75, 3.05) is 0 Å². The van der Waals surface area contributed by atoms with Crippen LogP contribution < -0.4 is 0 Å². The molecule has 10 aromatic rings. The second-order valence-electron chi connectivity index (χ2n) is 12.7. The van der Waals surface area contributed by atoms with Gasteiger partial charge in [0.15, 0.2) is 5.65 Å². The van der Waals surface area contributed by atoms with E-state index in [-0.39, 0.29) is 0 Å². The molecule has 0 saturated carbocycles. The first-order valence-corrected chi connectivity index (χ1v) is 16.9. The smallest absolute Gasteiger partial charge is 0.165 e. The van der Waals surface area contributed by atoms with Crippen LogP contribution in [0.5, 0.6) is 0 Å². The van der Waals surface area contributed by atoms with Gasteiger partial charge < -0.3 is 4.57 Å². The fourth-order valence-corrected chi connectivity index (χ4v) is 7.43. The highest BCUT2D eigenvalue weighted by Gasteiger charge is 2.20. The molecular formula is C46H30N4. The van der Waals surface area contributed by atoms with Crippen molar-refractivity contribution >= 4 is 43.7 Å². The van der Waals surface area contributed by atoms with Gasteiger partial charge in [0.2, 0.25) is 0 Å². The number of nitrogens with zero attached hydrogens (tertiary/aromatic N) is 4. The molecule has 0 atom stereocenters. The summed E-state index contributed by atoms with van der Waals surface area (Å²) < 4.78 is 4.55. The maximum atomic E-state index is 5.39. The zero-order chi connectivity index (χ0) is 33.0. The van der Waals surface area contributed by atoms with Gasteiger partial charge in [-0.3, -0.25) is 4.57 Å². The quantitative estimate of drug-likeness (QED) is 0.188. The highest BCUT2D eigenvalue weighted by molar-refractivity contribution is 6.09. The number of imidazole rings is 1. The number of hydrogen-bond acceptors (Lipinski definition) is 2. The van der Waals surface area contributed by atoms with E-state index in [9.17, 15) is 0 Å². The largest absolute Gasteiger partial charge is 0.309 e. The standard InChI is InChI=1S/C46H30N4/c1-3-12-31(13-4-1)32-22-23-34-29-36(25-24-33(34)28-32)45-48-44-39(26-27-47-46(44)50(45)37-15-5-2-6-16-37)35-14-11-17-38(30-35)49-42-20-9-7-18-40(42)41-19-8-10-21-43(41)49/h1-30H. The second-order valence-corrected chi connectivity index (χ2v) is 12.7. The van der Waals surface area contributed by atoms with Crippen LogP contribution in [0.4, 0.5) is 0 Å². The van der Waals surface area contributed by atoms with Crippen LogP contribution in [-0.4, -0.2) is 19.1 Å². The normalized spacial score (nSPS) is 11.6. The Morgan fingerprint density at radius 1 is 0.400 bits per heavy atom. The van der Waals surface area contributed by atoms with Crippen molar-refractivity contribution in [3.05, 3.63) is 182 Å². The average molecular weight is 639 g/mol. The minimum absolute atomic E-state index is 0.825. The molecule has 0 bridgehead atoms. The van der Waals surface area contributed by atoms with E-state index in [0.29, 0.717) is 0 Å². The second kappa shape index (κ2) is 11.4. The zero-order valence-electron chi connectivity index (χ0n) is 27.1. The predicted octanol–water partition coefficient (Wildman–Crippen LogP) is 11.7. The Kier molecular flexibility index (Phi) is 6.46. The Morgan fingerprint density at radius 3 is 1.74 bits per heavy atom. The molecule has 0 aliphatic carbocycles. The van der Waals surface area contributed by atoms with Crippen molar-refractivity contribution in [3.63, 3.8) is 0 Å². The fraction of sp³-hybridized carbons (Fsp3) is 0. The summed E-state index contributed by atoms with van der Waals surface area (Å²) in [5.74, 6) is 0.860. The van der Waals surface area contributed by atoms with Crippen molar-refractivity contribution in [1.29, 1.82) is 0 Å². The number of benzene rings is 7. The first-order valence-electron chi connectivity index (χ1n) is 16.9. The molecule has 0 spiro atoms. The third-order valence-electron chi connectivity index (χ3n) is 9.76. The predicted molar refractivity (Wildman–Crippen MR) is 207 cm³/mol. The molecule has 0 N–H and O–H groups in total. The molecule has 0 unspecified atom stereocenters. The topological polar surface area (TPSA) is 35.6 Å². The Morgan fingerprint density at radius 2 is 1.00 bits per heavy atom. The average Bonchev–Trinajstić information content (AvgIpc) is 3.75. The summed E-state index contributed by atoms with van der Waals surface area (Å²) in [6, 6.07) is 62.4. The SMILES string of the molecule is c1ccc(-c2ccc3cc(-c4nc5c(-c6cccc(-n7c8ccccc8c8ccccc87)c6)ccnc5n4-c4ccccc4)ccc3c2)cc1. The van der Waals surface area contributed by atoms with Gasteiger partial charge in [-0.25, -0.2) is 9.97 Å². The van der Waals surface area contributed by atoms with Gasteiger partial charge in [0.25, 0.3) is 0 Å². The minimum Gasteiger partial charge on any atom is -0.309 e. The van der Waals surface area contributed by atoms with Crippen molar-refractivity contribution in [2.24, 2.45) is 0 Å². The Bertz CT molecular complexity index is 2810. The summed E-state index contributed by atoms with van der Waals surface area (Å²) in [6.45, 7) is 0. The summed E-state index contributed by atoms with van der Waals surface area (Å²) in [5, 5.41) is 4.86. The molecule has 0 fully saturated rings. The lowest BCUT2D eigenvalue weighted by Gasteiger charge is -2.11. The third-order valence-corrected chi connectivity index (χ3v) is 9.76. The molecule has 0 radical (unpaired) electrons. The first kappa shape index (κ1) is 28.3. The van der Waals surface area contributed by atoms with Gasteiger partial charge in [0.1, 0.15) is 11.3 Å². The summed E-state index contributed by atoms with van der Waals surface area (Å²) in [7, 11) is 0. The summed E-state index contributed by atoms with van der Waals surface area (Å²) in [4.78, 5) is 10.3. The minimum atomic E-state index is 0.825. The molecule has 234 valence electrons. The van der Waals surface area contributed by atoms with E-state index in [1.54, 1.807) is 0 Å². The van der Waals surface area contributed by atoms with Crippen LogP contribution >= 0.6 is 0 Å². The molecule has 3 aromatic heterocycles. The molecule has 4 nitrogen and oxygen atoms in total. The molecule has 0 aliphatic heterocycles. The highest BCUT2D eigenvalue weighted by Crippen LogP contribution is 2.37. The van der Waals surface area contributed by atoms with Crippen LogP contribution in [0.1, 0.15) is 0 Å². The van der Waals surface area contributed by atoms with Gasteiger partial charge in [0, 0.05) is 39.5 Å². The first-order chi connectivity index (χ1) is 24.8. The molecular weight excluding hydrogens is 609 g/mol. The Balaban J connectivity index is 1.15. The Hall–Kier alpha value is -6.78. The van der Waals surface area contributed by atoms with Crippen LogP contribution in [-0.2, 0) is 0 Å². The monoisotopic (exact) mass is 638 g/mol. The van der Waals surface area contributed by atoms with Crippen LogP contribution in [0.3, 0.4) is 0 Å². The van der Waals surface area contributed by atoms with Crippen molar-refractivity contribution in [2.45, 2.75) is 0 Å². The van der Waals surface area contributed by atoms with E-state index in [0.717, 1.165) is 45.1 Å². The van der Waals surface area contributed by atoms with Gasteiger partial charge in [-0.1, -0.05) is 121 Å². The van der Waals surface area contributed by atoms with Crippen LogP contribution in [0, 0.1) is 0 Å². The molecule has 50 heavy (non-hydrogen) atoms. The maximum Gasteiger partial charge on any atom is 0.165 e. The van der Waals surface area contributed by atoms with E-state index in [1.807, 2.05) is 12.3 Å². The molecule has 7 aromatic carbocycles. The zero-order valence-corrected chi connectivity index (χ0v) is 27.1. The summed E-state index contributed by atoms with van der Waals surface area (Å²) in [6.07, 6.45) is 1.90. The number of aromatic nitrogens is 4. The van der Waals surface area contributed by atoms with Gasteiger partial charge in [-0.05, 0) is 82.1 Å². The number of pyridine rings is 1.